The fraction of sp³-hybridized carbons (Fsp3) is 0.333. The fourth-order valence-electron chi connectivity index (χ4n) is 1.67. The molecule has 0 saturated heterocycles. The van der Waals surface area contributed by atoms with Crippen LogP contribution in [0.1, 0.15) is 13.8 Å². The topological polar surface area (TPSA) is 4.93 Å². The average molecular weight is 207 g/mol. The molecule has 1 aromatic heterocycles. The van der Waals surface area contributed by atoms with Gasteiger partial charge in [-0.05, 0) is 18.1 Å². The predicted octanol–water partition coefficient (Wildman–Crippen LogP) is 3.75. The van der Waals surface area contributed by atoms with Crippen molar-refractivity contribution in [1.82, 2.24) is 4.57 Å². The molecule has 0 atom stereocenters. The molecule has 0 aliphatic heterocycles. The number of nitrogens with zero attached hydrogens (tertiary/aromatic N) is 1. The summed E-state index contributed by atoms with van der Waals surface area (Å²) < 4.78 is 2.19. The van der Waals surface area contributed by atoms with Gasteiger partial charge in [0.2, 0.25) is 0 Å². The van der Waals surface area contributed by atoms with Crippen LogP contribution in [0.25, 0.3) is 10.9 Å². The molecule has 1 radical (unpaired) electrons. The van der Waals surface area contributed by atoms with Crippen LogP contribution in [-0.2, 0) is 6.54 Å². The Hall–Kier alpha value is -0.950. The lowest BCUT2D eigenvalue weighted by Gasteiger charge is -2.07. The second-order valence-electron chi connectivity index (χ2n) is 3.95. The van der Waals surface area contributed by atoms with Crippen LogP contribution >= 0.6 is 11.6 Å². The molecule has 0 fully saturated rings. The molecular formula is C12H13ClN. The summed E-state index contributed by atoms with van der Waals surface area (Å²) in [5.41, 5.74) is 1.17. The fourth-order valence-corrected chi connectivity index (χ4v) is 1.94. The highest BCUT2D eigenvalue weighted by Gasteiger charge is 2.06. The highest BCUT2D eigenvalue weighted by molar-refractivity contribution is 6.35. The Morgan fingerprint density at radius 3 is 3.00 bits per heavy atom. The summed E-state index contributed by atoms with van der Waals surface area (Å²) in [6, 6.07) is 9.14. The van der Waals surface area contributed by atoms with E-state index in [1.54, 1.807) is 0 Å². The van der Waals surface area contributed by atoms with Crippen molar-refractivity contribution in [3.05, 3.63) is 35.5 Å². The molecule has 0 N–H and O–H groups in total. The van der Waals surface area contributed by atoms with Crippen molar-refractivity contribution in [3.63, 3.8) is 0 Å². The van der Waals surface area contributed by atoms with Gasteiger partial charge in [-0.2, -0.15) is 0 Å². The predicted molar refractivity (Wildman–Crippen MR) is 60.6 cm³/mol. The summed E-state index contributed by atoms with van der Waals surface area (Å²) in [6.45, 7) is 5.40. The minimum atomic E-state index is 0.627. The zero-order valence-corrected chi connectivity index (χ0v) is 9.17. The van der Waals surface area contributed by atoms with Crippen LogP contribution in [-0.4, -0.2) is 4.57 Å². The van der Waals surface area contributed by atoms with Crippen molar-refractivity contribution in [2.24, 2.45) is 5.92 Å². The number of hydrogen-bond donors (Lipinski definition) is 0. The van der Waals surface area contributed by atoms with Crippen LogP contribution in [0.5, 0.6) is 0 Å². The first-order chi connectivity index (χ1) is 6.68. The quantitative estimate of drug-likeness (QED) is 0.706. The molecule has 2 aromatic rings. The number of hydrogen-bond acceptors (Lipinski definition) is 0. The Balaban J connectivity index is 2.55. The maximum Gasteiger partial charge on any atom is 0.0667 e. The van der Waals surface area contributed by atoms with E-state index >= 15 is 0 Å². The first-order valence-electron chi connectivity index (χ1n) is 4.83. The minimum Gasteiger partial charge on any atom is -0.346 e. The normalized spacial score (nSPS) is 11.4. The van der Waals surface area contributed by atoms with E-state index < -0.39 is 0 Å². The third-order valence-corrected chi connectivity index (χ3v) is 2.50. The molecule has 2 heteroatoms. The van der Waals surface area contributed by atoms with Crippen molar-refractivity contribution < 1.29 is 0 Å². The van der Waals surface area contributed by atoms with Gasteiger partial charge in [-0.3, -0.25) is 0 Å². The van der Waals surface area contributed by atoms with Crippen molar-refractivity contribution in [2.75, 3.05) is 0 Å². The van der Waals surface area contributed by atoms with Gasteiger partial charge in [0.05, 0.1) is 10.5 Å². The summed E-state index contributed by atoms with van der Waals surface area (Å²) in [6.07, 6.45) is 1.99. The van der Waals surface area contributed by atoms with E-state index in [1.165, 1.54) is 5.52 Å². The van der Waals surface area contributed by atoms with Gasteiger partial charge in [-0.15, -0.1) is 0 Å². The van der Waals surface area contributed by atoms with Gasteiger partial charge in [0, 0.05) is 18.1 Å². The lowest BCUT2D eigenvalue weighted by molar-refractivity contribution is 0.535. The van der Waals surface area contributed by atoms with Crippen LogP contribution in [0.3, 0.4) is 0 Å². The molecule has 0 aliphatic carbocycles. The van der Waals surface area contributed by atoms with Gasteiger partial charge in [0.15, 0.2) is 0 Å². The average Bonchev–Trinajstić information content (AvgIpc) is 2.44. The Labute approximate surface area is 89.3 Å². The highest BCUT2D eigenvalue weighted by Crippen LogP contribution is 2.25. The second kappa shape index (κ2) is 3.66. The first kappa shape index (κ1) is 9.60. The Morgan fingerprint density at radius 2 is 2.29 bits per heavy atom. The van der Waals surface area contributed by atoms with Gasteiger partial charge in [0.25, 0.3) is 0 Å². The molecule has 0 aliphatic rings. The molecule has 1 aromatic carbocycles. The Morgan fingerprint density at radius 1 is 1.50 bits per heavy atom. The minimum absolute atomic E-state index is 0.627. The molecule has 2 rings (SSSR count). The van der Waals surface area contributed by atoms with E-state index in [-0.39, 0.29) is 0 Å². The number of rotatable bonds is 2. The molecule has 0 saturated carbocycles. The molecule has 0 unspecified atom stereocenters. The van der Waals surface area contributed by atoms with Crippen molar-refractivity contribution in [3.8, 4) is 0 Å². The third kappa shape index (κ3) is 1.64. The Bertz CT molecular complexity index is 443. The molecule has 0 amide bonds. The summed E-state index contributed by atoms with van der Waals surface area (Å²) in [7, 11) is 0. The third-order valence-electron chi connectivity index (χ3n) is 2.21. The molecular weight excluding hydrogens is 194 g/mol. The number of aromatic nitrogens is 1. The van der Waals surface area contributed by atoms with Gasteiger partial charge >= 0.3 is 0 Å². The van der Waals surface area contributed by atoms with Crippen LogP contribution in [0.2, 0.25) is 5.02 Å². The van der Waals surface area contributed by atoms with E-state index in [1.807, 2.05) is 18.3 Å². The summed E-state index contributed by atoms with van der Waals surface area (Å²) in [4.78, 5) is 0. The number of fused-ring (bicyclic) bond motifs is 1. The van der Waals surface area contributed by atoms with Crippen molar-refractivity contribution in [1.29, 1.82) is 0 Å². The monoisotopic (exact) mass is 206 g/mol. The van der Waals surface area contributed by atoms with E-state index in [0.717, 1.165) is 17.0 Å². The summed E-state index contributed by atoms with van der Waals surface area (Å²) >= 11 is 6.11. The first-order valence-corrected chi connectivity index (χ1v) is 5.21. The number of benzene rings is 1. The largest absolute Gasteiger partial charge is 0.346 e. The zero-order chi connectivity index (χ0) is 10.1. The van der Waals surface area contributed by atoms with Gasteiger partial charge in [-0.1, -0.05) is 37.6 Å². The second-order valence-corrected chi connectivity index (χ2v) is 4.36. The maximum absolute atomic E-state index is 6.11. The molecule has 1 heterocycles. The van der Waals surface area contributed by atoms with E-state index in [2.05, 4.69) is 30.5 Å². The summed E-state index contributed by atoms with van der Waals surface area (Å²) in [5.74, 6) is 0.627. The van der Waals surface area contributed by atoms with Crippen LogP contribution in [0.15, 0.2) is 24.4 Å². The molecule has 73 valence electrons. The Kier molecular flexibility index (Phi) is 2.51. The highest BCUT2D eigenvalue weighted by atomic mass is 35.5. The van der Waals surface area contributed by atoms with Crippen LogP contribution in [0.4, 0.5) is 0 Å². The van der Waals surface area contributed by atoms with E-state index in [9.17, 15) is 0 Å². The molecule has 0 bridgehead atoms. The van der Waals surface area contributed by atoms with E-state index in [0.29, 0.717) is 5.92 Å². The number of halogens is 1. The van der Waals surface area contributed by atoms with Gasteiger partial charge < -0.3 is 4.57 Å². The van der Waals surface area contributed by atoms with Crippen molar-refractivity contribution in [2.45, 2.75) is 20.4 Å². The standard InChI is InChI=1S/C12H13ClN/c1-9(2)7-14-8-11(13)10-5-3-4-6-12(10)14/h3-4,6,8-9H,7H2,1-2H3. The molecule has 0 spiro atoms. The lowest BCUT2D eigenvalue weighted by Crippen LogP contribution is -2.02. The van der Waals surface area contributed by atoms with Crippen LogP contribution in [0, 0.1) is 12.0 Å². The van der Waals surface area contributed by atoms with Crippen molar-refractivity contribution >= 4 is 22.5 Å². The smallest absolute Gasteiger partial charge is 0.0667 e. The van der Waals surface area contributed by atoms with E-state index in [4.69, 9.17) is 11.6 Å². The molecule has 1 nitrogen and oxygen atoms in total. The van der Waals surface area contributed by atoms with Gasteiger partial charge in [0.1, 0.15) is 0 Å². The maximum atomic E-state index is 6.11. The molecule has 14 heavy (non-hydrogen) atoms. The SMILES string of the molecule is CC(C)Cn1cc(Cl)c2[c]cccc21. The zero-order valence-electron chi connectivity index (χ0n) is 8.42. The van der Waals surface area contributed by atoms with Gasteiger partial charge in [-0.25, -0.2) is 0 Å². The lowest BCUT2D eigenvalue weighted by atomic mass is 10.2. The summed E-state index contributed by atoms with van der Waals surface area (Å²) in [5, 5.41) is 1.82. The van der Waals surface area contributed by atoms with Crippen LogP contribution < -0.4 is 0 Å².